The number of esters is 1. The van der Waals surface area contributed by atoms with Gasteiger partial charge in [0.2, 0.25) is 0 Å². The molecule has 1 aromatic rings. The van der Waals surface area contributed by atoms with Gasteiger partial charge in [0.25, 0.3) is 0 Å². The van der Waals surface area contributed by atoms with Gasteiger partial charge in [-0.2, -0.15) is 0 Å². The lowest BCUT2D eigenvalue weighted by Gasteiger charge is -2.22. The Balaban J connectivity index is 2.01. The van der Waals surface area contributed by atoms with Gasteiger partial charge in [-0.25, -0.2) is 9.59 Å². The number of nitrogens with zero attached hydrogens (tertiary/aromatic N) is 1. The number of likely N-dealkylation sites (tertiary alicyclic amines) is 1. The first-order valence-electron chi connectivity index (χ1n) is 7.87. The Morgan fingerprint density at radius 3 is 2.54 bits per heavy atom. The van der Waals surface area contributed by atoms with Crippen LogP contribution in [0.4, 0.5) is 4.79 Å². The predicted octanol–water partition coefficient (Wildman–Crippen LogP) is 2.05. The number of carbonyl (C=O) groups is 3. The van der Waals surface area contributed by atoms with Crippen molar-refractivity contribution in [3.63, 3.8) is 0 Å². The first kappa shape index (κ1) is 17.8. The molecular formula is C17H21NO6. The molecular weight excluding hydrogens is 314 g/mol. The Morgan fingerprint density at radius 2 is 1.92 bits per heavy atom. The largest absolute Gasteiger partial charge is 0.481 e. The van der Waals surface area contributed by atoms with E-state index in [1.807, 2.05) is 30.3 Å². The molecule has 2 rings (SSSR count). The van der Waals surface area contributed by atoms with Gasteiger partial charge in [-0.1, -0.05) is 30.3 Å². The van der Waals surface area contributed by atoms with Crippen LogP contribution in [0.25, 0.3) is 0 Å². The van der Waals surface area contributed by atoms with Crippen LogP contribution >= 0.6 is 0 Å². The molecule has 1 N–H and O–H groups in total. The number of amides is 1. The number of carboxylic acids is 1. The van der Waals surface area contributed by atoms with Crippen LogP contribution in [0.15, 0.2) is 30.3 Å². The highest BCUT2D eigenvalue weighted by Crippen LogP contribution is 2.27. The van der Waals surface area contributed by atoms with E-state index in [4.69, 9.17) is 14.6 Å². The highest BCUT2D eigenvalue weighted by atomic mass is 16.6. The number of carboxylic acid groups (broad SMARTS) is 1. The van der Waals surface area contributed by atoms with Crippen molar-refractivity contribution in [1.29, 1.82) is 0 Å². The summed E-state index contributed by atoms with van der Waals surface area (Å²) in [4.78, 5) is 36.5. The van der Waals surface area contributed by atoms with Gasteiger partial charge in [-0.3, -0.25) is 9.69 Å². The van der Waals surface area contributed by atoms with E-state index < -0.39 is 24.1 Å². The molecule has 1 fully saturated rings. The summed E-state index contributed by atoms with van der Waals surface area (Å²) in [6.07, 6.45) is -0.464. The number of ether oxygens (including phenoxy) is 2. The minimum atomic E-state index is -0.956. The van der Waals surface area contributed by atoms with Crippen LogP contribution in [-0.4, -0.2) is 47.2 Å². The van der Waals surface area contributed by atoms with Crippen molar-refractivity contribution in [1.82, 2.24) is 4.90 Å². The van der Waals surface area contributed by atoms with Crippen molar-refractivity contribution < 1.29 is 29.0 Å². The average molecular weight is 335 g/mol. The second kappa shape index (κ2) is 8.33. The fraction of sp³-hybridized carbons (Fsp3) is 0.471. The third-order valence-electron chi connectivity index (χ3n) is 3.85. The van der Waals surface area contributed by atoms with Gasteiger partial charge in [-0.05, 0) is 24.8 Å². The number of aliphatic carboxylic acids is 1. The van der Waals surface area contributed by atoms with Gasteiger partial charge in [0.05, 0.1) is 6.61 Å². The topological polar surface area (TPSA) is 93.1 Å². The molecule has 0 bridgehead atoms. The molecule has 1 heterocycles. The number of benzene rings is 1. The molecule has 1 saturated heterocycles. The van der Waals surface area contributed by atoms with Gasteiger partial charge in [0, 0.05) is 13.0 Å². The highest BCUT2D eigenvalue weighted by Gasteiger charge is 2.42. The third-order valence-corrected chi connectivity index (χ3v) is 3.85. The Labute approximate surface area is 140 Å². The Morgan fingerprint density at radius 1 is 1.21 bits per heavy atom. The van der Waals surface area contributed by atoms with Gasteiger partial charge in [-0.15, -0.1) is 0 Å². The standard InChI is InChI=1S/C17H21NO6/c1-2-23-16(21)14-8-13(9-15(19)20)10-18(14)17(22)24-11-12-6-4-3-5-7-12/h3-7,13-14H,2,8-11H2,1H3,(H,19,20). The van der Waals surface area contributed by atoms with E-state index in [0.29, 0.717) is 0 Å². The predicted molar refractivity (Wildman–Crippen MR) is 84.1 cm³/mol. The van der Waals surface area contributed by atoms with Gasteiger partial charge in [0.15, 0.2) is 0 Å². The molecule has 0 saturated carbocycles. The summed E-state index contributed by atoms with van der Waals surface area (Å²) in [7, 11) is 0. The lowest BCUT2D eigenvalue weighted by atomic mass is 10.0. The fourth-order valence-corrected chi connectivity index (χ4v) is 2.78. The zero-order valence-corrected chi connectivity index (χ0v) is 13.5. The molecule has 0 radical (unpaired) electrons. The van der Waals surface area contributed by atoms with Crippen LogP contribution in [0.1, 0.15) is 25.3 Å². The van der Waals surface area contributed by atoms with Crippen LogP contribution < -0.4 is 0 Å². The van der Waals surface area contributed by atoms with E-state index in [2.05, 4.69) is 0 Å². The summed E-state index contributed by atoms with van der Waals surface area (Å²) in [6, 6.07) is 8.39. The maximum atomic E-state index is 12.3. The maximum Gasteiger partial charge on any atom is 0.410 e. The molecule has 1 amide bonds. The molecule has 1 aliphatic rings. The van der Waals surface area contributed by atoms with E-state index >= 15 is 0 Å². The van der Waals surface area contributed by atoms with Crippen LogP contribution in [0.3, 0.4) is 0 Å². The number of rotatable bonds is 6. The van der Waals surface area contributed by atoms with Crippen molar-refractivity contribution in [3.05, 3.63) is 35.9 Å². The molecule has 0 aliphatic carbocycles. The first-order valence-corrected chi connectivity index (χ1v) is 7.87. The summed E-state index contributed by atoms with van der Waals surface area (Å²) >= 11 is 0. The lowest BCUT2D eigenvalue weighted by Crippen LogP contribution is -2.41. The molecule has 0 aromatic heterocycles. The summed E-state index contributed by atoms with van der Waals surface area (Å²) < 4.78 is 10.2. The van der Waals surface area contributed by atoms with Crippen molar-refractivity contribution in [2.45, 2.75) is 32.4 Å². The van der Waals surface area contributed by atoms with Gasteiger partial charge >= 0.3 is 18.0 Å². The van der Waals surface area contributed by atoms with Crippen molar-refractivity contribution >= 4 is 18.0 Å². The lowest BCUT2D eigenvalue weighted by molar-refractivity contribution is -0.148. The quantitative estimate of drug-likeness (QED) is 0.800. The zero-order valence-electron chi connectivity index (χ0n) is 13.5. The summed E-state index contributed by atoms with van der Waals surface area (Å²) in [5.41, 5.74) is 0.833. The minimum Gasteiger partial charge on any atom is -0.481 e. The second-order valence-corrected chi connectivity index (χ2v) is 5.66. The molecule has 2 atom stereocenters. The number of hydrogen-bond acceptors (Lipinski definition) is 5. The van der Waals surface area contributed by atoms with Crippen LogP contribution in [-0.2, 0) is 25.7 Å². The molecule has 7 heteroatoms. The summed E-state index contributed by atoms with van der Waals surface area (Å²) in [5, 5.41) is 8.93. The molecule has 2 unspecified atom stereocenters. The Bertz CT molecular complexity index is 588. The number of carbonyl (C=O) groups excluding carboxylic acids is 2. The average Bonchev–Trinajstić information content (AvgIpc) is 2.97. The van der Waals surface area contributed by atoms with E-state index in [0.717, 1.165) is 5.56 Å². The highest BCUT2D eigenvalue weighted by molar-refractivity contribution is 5.82. The molecule has 24 heavy (non-hydrogen) atoms. The Kier molecular flexibility index (Phi) is 6.17. The second-order valence-electron chi connectivity index (χ2n) is 5.66. The van der Waals surface area contributed by atoms with Gasteiger partial charge in [0.1, 0.15) is 12.6 Å². The molecule has 0 spiro atoms. The van der Waals surface area contributed by atoms with E-state index in [1.54, 1.807) is 6.92 Å². The van der Waals surface area contributed by atoms with Crippen molar-refractivity contribution in [2.75, 3.05) is 13.2 Å². The van der Waals surface area contributed by atoms with E-state index in [1.165, 1.54) is 4.90 Å². The first-order chi connectivity index (χ1) is 11.5. The molecule has 7 nitrogen and oxygen atoms in total. The zero-order chi connectivity index (χ0) is 17.5. The molecule has 1 aliphatic heterocycles. The minimum absolute atomic E-state index is 0.0926. The SMILES string of the molecule is CCOC(=O)C1CC(CC(=O)O)CN1C(=O)OCc1ccccc1. The smallest absolute Gasteiger partial charge is 0.410 e. The van der Waals surface area contributed by atoms with Crippen LogP contribution in [0.2, 0.25) is 0 Å². The summed E-state index contributed by atoms with van der Waals surface area (Å²) in [6.45, 7) is 2.14. The van der Waals surface area contributed by atoms with Crippen LogP contribution in [0, 0.1) is 5.92 Å². The normalized spacial score (nSPS) is 19.8. The fourth-order valence-electron chi connectivity index (χ4n) is 2.78. The van der Waals surface area contributed by atoms with Crippen molar-refractivity contribution in [2.24, 2.45) is 5.92 Å². The third kappa shape index (κ3) is 4.71. The summed E-state index contributed by atoms with van der Waals surface area (Å²) in [5.74, 6) is -1.77. The maximum absolute atomic E-state index is 12.3. The van der Waals surface area contributed by atoms with E-state index in [-0.39, 0.29) is 38.5 Å². The van der Waals surface area contributed by atoms with Crippen molar-refractivity contribution in [3.8, 4) is 0 Å². The molecule has 130 valence electrons. The van der Waals surface area contributed by atoms with Crippen LogP contribution in [0.5, 0.6) is 0 Å². The molecule has 1 aromatic carbocycles. The van der Waals surface area contributed by atoms with Gasteiger partial charge < -0.3 is 14.6 Å². The number of hydrogen-bond donors (Lipinski definition) is 1. The van der Waals surface area contributed by atoms with E-state index in [9.17, 15) is 14.4 Å². The Hall–Kier alpha value is -2.57. The monoisotopic (exact) mass is 335 g/mol.